The molecule has 0 fully saturated rings. The predicted octanol–water partition coefficient (Wildman–Crippen LogP) is 0.460. The molecule has 10 nitrogen and oxygen atoms in total. The van der Waals surface area contributed by atoms with Gasteiger partial charge in [-0.3, -0.25) is 19.4 Å². The van der Waals surface area contributed by atoms with E-state index in [1.807, 2.05) is 30.3 Å². The average molecular weight is 481 g/mol. The third-order valence-electron chi connectivity index (χ3n) is 5.06. The molecule has 186 valence electrons. The molecular weight excluding hydrogens is 448 g/mol. The number of aliphatic imine (C=N–C) groups is 1. The zero-order valence-electron chi connectivity index (χ0n) is 19.6. The number of nitrogens with zero attached hydrogens (tertiary/aromatic N) is 1. The van der Waals surface area contributed by atoms with Crippen molar-refractivity contribution in [1.82, 2.24) is 10.6 Å². The van der Waals surface area contributed by atoms with Crippen LogP contribution in [0.3, 0.4) is 0 Å². The third kappa shape index (κ3) is 9.99. The molecule has 2 rings (SSSR count). The Bertz CT molecular complexity index is 1030. The molecule has 35 heavy (non-hydrogen) atoms. The second-order valence-corrected chi connectivity index (χ2v) is 7.77. The fraction of sp³-hybridized carbons (Fsp3) is 0.280. The van der Waals surface area contributed by atoms with Gasteiger partial charge in [0.2, 0.25) is 17.7 Å². The van der Waals surface area contributed by atoms with Crippen molar-refractivity contribution in [3.63, 3.8) is 0 Å². The Balaban J connectivity index is 2.07. The highest BCUT2D eigenvalue weighted by molar-refractivity contribution is 5.96. The summed E-state index contributed by atoms with van der Waals surface area (Å²) in [7, 11) is 1.57. The van der Waals surface area contributed by atoms with Crippen molar-refractivity contribution in [3.05, 3.63) is 71.8 Å². The van der Waals surface area contributed by atoms with Crippen molar-refractivity contribution in [1.29, 1.82) is 0 Å². The smallest absolute Gasteiger partial charge is 0.244 e. The number of primary amides is 1. The Kier molecular flexibility index (Phi) is 10.8. The molecule has 0 saturated heterocycles. The van der Waals surface area contributed by atoms with Crippen LogP contribution in [-0.4, -0.2) is 49.4 Å². The lowest BCUT2D eigenvalue weighted by Gasteiger charge is -2.21. The second kappa shape index (κ2) is 14.0. The molecule has 3 amide bonds. The number of benzene rings is 2. The predicted molar refractivity (Wildman–Crippen MR) is 135 cm³/mol. The van der Waals surface area contributed by atoms with Crippen LogP contribution in [0.25, 0.3) is 6.08 Å². The molecular formula is C25H32N6O4. The maximum atomic E-state index is 13.0. The van der Waals surface area contributed by atoms with Gasteiger partial charge in [0.25, 0.3) is 0 Å². The van der Waals surface area contributed by atoms with E-state index in [0.717, 1.165) is 11.1 Å². The number of ether oxygens (including phenoxy) is 1. The highest BCUT2D eigenvalue weighted by atomic mass is 16.5. The van der Waals surface area contributed by atoms with Crippen molar-refractivity contribution < 1.29 is 19.1 Å². The molecule has 0 aliphatic carbocycles. The summed E-state index contributed by atoms with van der Waals surface area (Å²) in [6, 6.07) is 14.5. The molecule has 2 aromatic carbocycles. The van der Waals surface area contributed by atoms with Gasteiger partial charge in [-0.1, -0.05) is 42.5 Å². The standard InChI is InChI=1S/C25H32N6O4/c1-35-19-12-9-17(10-13-19)11-14-22(32)30-20(8-5-15-29-25(27)28)24(34)31-21(23(26)33)16-18-6-3-2-4-7-18/h2-4,6-7,9-14,20-21H,5,8,15-16H2,1H3,(H2,26,33)(H,30,32)(H,31,34)(H4,27,28,29)/b14-11+/t20-,21-/m0/s1. The fourth-order valence-corrected chi connectivity index (χ4v) is 3.22. The Labute approximate surface area is 204 Å². The summed E-state index contributed by atoms with van der Waals surface area (Å²) < 4.78 is 5.12. The van der Waals surface area contributed by atoms with E-state index in [0.29, 0.717) is 12.2 Å². The van der Waals surface area contributed by atoms with E-state index in [1.165, 1.54) is 6.08 Å². The first-order valence-electron chi connectivity index (χ1n) is 11.1. The highest BCUT2D eigenvalue weighted by Crippen LogP contribution is 2.12. The molecule has 0 radical (unpaired) electrons. The van der Waals surface area contributed by atoms with E-state index in [-0.39, 0.29) is 25.3 Å². The van der Waals surface area contributed by atoms with Gasteiger partial charge >= 0.3 is 0 Å². The van der Waals surface area contributed by atoms with Crippen LogP contribution in [0.2, 0.25) is 0 Å². The Hall–Kier alpha value is -4.34. The molecule has 2 atom stereocenters. The van der Waals surface area contributed by atoms with Gasteiger partial charge in [0.1, 0.15) is 17.8 Å². The van der Waals surface area contributed by atoms with E-state index in [1.54, 1.807) is 37.5 Å². The van der Waals surface area contributed by atoms with Crippen molar-refractivity contribution in [2.75, 3.05) is 13.7 Å². The van der Waals surface area contributed by atoms with E-state index in [4.69, 9.17) is 21.9 Å². The van der Waals surface area contributed by atoms with Crippen LogP contribution in [0.5, 0.6) is 5.75 Å². The summed E-state index contributed by atoms with van der Waals surface area (Å²) >= 11 is 0. The fourth-order valence-electron chi connectivity index (χ4n) is 3.22. The molecule has 0 saturated carbocycles. The van der Waals surface area contributed by atoms with Gasteiger partial charge in [0.15, 0.2) is 5.96 Å². The van der Waals surface area contributed by atoms with Crippen molar-refractivity contribution in [2.45, 2.75) is 31.3 Å². The first-order valence-corrected chi connectivity index (χ1v) is 11.1. The van der Waals surface area contributed by atoms with Crippen LogP contribution < -0.4 is 32.6 Å². The number of hydrogen-bond acceptors (Lipinski definition) is 5. The molecule has 0 unspecified atom stereocenters. The second-order valence-electron chi connectivity index (χ2n) is 7.77. The normalized spacial score (nSPS) is 12.4. The number of carbonyl (C=O) groups is 3. The minimum absolute atomic E-state index is 0.0610. The van der Waals surface area contributed by atoms with Gasteiger partial charge in [0.05, 0.1) is 7.11 Å². The minimum atomic E-state index is -0.933. The lowest BCUT2D eigenvalue weighted by molar-refractivity contribution is -0.130. The zero-order valence-corrected chi connectivity index (χ0v) is 19.6. The SMILES string of the molecule is COc1ccc(/C=C/C(=O)N[C@@H](CCCN=C(N)N)C(=O)N[C@@H](Cc2ccccc2)C(N)=O)cc1. The molecule has 8 N–H and O–H groups in total. The summed E-state index contributed by atoms with van der Waals surface area (Å²) in [5, 5.41) is 5.34. The number of guanidine groups is 1. The maximum Gasteiger partial charge on any atom is 0.244 e. The number of hydrogen-bond donors (Lipinski definition) is 5. The highest BCUT2D eigenvalue weighted by Gasteiger charge is 2.25. The van der Waals surface area contributed by atoms with Gasteiger partial charge in [-0.15, -0.1) is 0 Å². The summed E-state index contributed by atoms with van der Waals surface area (Å²) in [4.78, 5) is 41.4. The van der Waals surface area contributed by atoms with Crippen LogP contribution in [0.15, 0.2) is 65.7 Å². The monoisotopic (exact) mass is 480 g/mol. The number of methoxy groups -OCH3 is 1. The lowest BCUT2D eigenvalue weighted by Crippen LogP contribution is -2.53. The van der Waals surface area contributed by atoms with E-state index in [9.17, 15) is 14.4 Å². The molecule has 0 aliphatic heterocycles. The number of carbonyl (C=O) groups excluding carboxylic acids is 3. The molecule has 0 heterocycles. The van der Waals surface area contributed by atoms with Gasteiger partial charge in [-0.2, -0.15) is 0 Å². The van der Waals surface area contributed by atoms with Crippen LogP contribution in [0.4, 0.5) is 0 Å². The number of nitrogens with two attached hydrogens (primary N) is 3. The number of amides is 3. The lowest BCUT2D eigenvalue weighted by atomic mass is 10.0. The molecule has 10 heteroatoms. The zero-order chi connectivity index (χ0) is 25.6. The van der Waals surface area contributed by atoms with Crippen molar-refractivity contribution >= 4 is 29.8 Å². The summed E-state index contributed by atoms with van der Waals surface area (Å²) in [5.74, 6) is -1.04. The first kappa shape index (κ1) is 26.9. The average Bonchev–Trinajstić information content (AvgIpc) is 2.84. The Morgan fingerprint density at radius 1 is 0.971 bits per heavy atom. The van der Waals surface area contributed by atoms with Gasteiger partial charge in [0, 0.05) is 19.0 Å². The van der Waals surface area contributed by atoms with Crippen LogP contribution in [-0.2, 0) is 20.8 Å². The topological polar surface area (TPSA) is 175 Å². The van der Waals surface area contributed by atoms with E-state index in [2.05, 4.69) is 15.6 Å². The van der Waals surface area contributed by atoms with Gasteiger partial charge in [-0.25, -0.2) is 0 Å². The van der Waals surface area contributed by atoms with Crippen LogP contribution in [0.1, 0.15) is 24.0 Å². The van der Waals surface area contributed by atoms with Gasteiger partial charge < -0.3 is 32.6 Å². The van der Waals surface area contributed by atoms with Crippen LogP contribution >= 0.6 is 0 Å². The third-order valence-corrected chi connectivity index (χ3v) is 5.06. The molecule has 0 bridgehead atoms. The summed E-state index contributed by atoms with van der Waals surface area (Å²) in [6.07, 6.45) is 3.85. The van der Waals surface area contributed by atoms with E-state index >= 15 is 0 Å². The summed E-state index contributed by atoms with van der Waals surface area (Å²) in [6.45, 7) is 0.285. The maximum absolute atomic E-state index is 13.0. The quantitative estimate of drug-likeness (QED) is 0.120. The first-order chi connectivity index (χ1) is 16.8. The van der Waals surface area contributed by atoms with Crippen molar-refractivity contribution in [2.24, 2.45) is 22.2 Å². The molecule has 0 aliphatic rings. The number of rotatable bonds is 13. The van der Waals surface area contributed by atoms with Gasteiger partial charge in [-0.05, 0) is 42.2 Å². The van der Waals surface area contributed by atoms with Crippen LogP contribution in [0, 0.1) is 0 Å². The van der Waals surface area contributed by atoms with Crippen molar-refractivity contribution in [3.8, 4) is 5.75 Å². The largest absolute Gasteiger partial charge is 0.497 e. The molecule has 0 aromatic heterocycles. The van der Waals surface area contributed by atoms with E-state index < -0.39 is 29.8 Å². The molecule has 0 spiro atoms. The number of nitrogens with one attached hydrogen (secondary N) is 2. The Morgan fingerprint density at radius 2 is 1.66 bits per heavy atom. The Morgan fingerprint density at radius 3 is 2.26 bits per heavy atom. The minimum Gasteiger partial charge on any atom is -0.497 e. The summed E-state index contributed by atoms with van der Waals surface area (Å²) in [5.41, 5.74) is 17.8. The molecule has 2 aromatic rings.